The largest absolute Gasteiger partial charge is 0.495 e. The molecule has 0 aliphatic rings. The minimum Gasteiger partial charge on any atom is -0.495 e. The number of benzene rings is 1. The number of hydrogen-bond donors (Lipinski definition) is 1. The first-order valence-corrected chi connectivity index (χ1v) is 5.28. The summed E-state index contributed by atoms with van der Waals surface area (Å²) in [5.41, 5.74) is 0.510. The zero-order chi connectivity index (χ0) is 13.1. The molecule has 0 radical (unpaired) electrons. The van der Waals surface area contributed by atoms with Gasteiger partial charge in [0.05, 0.1) is 12.7 Å². The molecule has 0 heterocycles. The normalized spacial score (nSPS) is 10.5. The van der Waals surface area contributed by atoms with Crippen molar-refractivity contribution in [2.45, 2.75) is 26.3 Å². The monoisotopic (exact) mass is 232 g/mol. The van der Waals surface area contributed by atoms with Gasteiger partial charge in [-0.3, -0.25) is 4.79 Å². The Hall–Kier alpha value is -2.02. The van der Waals surface area contributed by atoms with Crippen LogP contribution in [0.1, 0.15) is 36.7 Å². The number of nitriles is 1. The molecular weight excluding hydrogens is 216 g/mol. The zero-order valence-corrected chi connectivity index (χ0v) is 10.5. The number of rotatable bonds is 2. The summed E-state index contributed by atoms with van der Waals surface area (Å²) >= 11 is 0. The molecule has 1 rings (SSSR count). The van der Waals surface area contributed by atoms with Gasteiger partial charge in [-0.1, -0.05) is 0 Å². The fraction of sp³-hybridized carbons (Fsp3) is 0.385. The Labute approximate surface area is 101 Å². The van der Waals surface area contributed by atoms with E-state index in [2.05, 4.69) is 5.32 Å². The van der Waals surface area contributed by atoms with Crippen molar-refractivity contribution in [1.82, 2.24) is 5.32 Å². The van der Waals surface area contributed by atoms with Gasteiger partial charge in [0, 0.05) is 11.1 Å². The molecule has 4 heteroatoms. The molecule has 0 aliphatic carbocycles. The highest BCUT2D eigenvalue weighted by atomic mass is 16.5. The van der Waals surface area contributed by atoms with E-state index >= 15 is 0 Å². The lowest BCUT2D eigenvalue weighted by atomic mass is 10.1. The van der Waals surface area contributed by atoms with Crippen molar-refractivity contribution >= 4 is 5.91 Å². The molecule has 0 spiro atoms. The summed E-state index contributed by atoms with van der Waals surface area (Å²) in [7, 11) is 1.49. The van der Waals surface area contributed by atoms with Gasteiger partial charge in [-0.05, 0) is 39.0 Å². The Balaban J connectivity index is 3.01. The third-order valence-corrected chi connectivity index (χ3v) is 2.07. The van der Waals surface area contributed by atoms with Crippen LogP contribution in [0.5, 0.6) is 5.75 Å². The van der Waals surface area contributed by atoms with E-state index in [0.717, 1.165) is 0 Å². The third-order valence-electron chi connectivity index (χ3n) is 2.07. The van der Waals surface area contributed by atoms with Crippen molar-refractivity contribution in [3.05, 3.63) is 29.3 Å². The van der Waals surface area contributed by atoms with E-state index in [0.29, 0.717) is 16.9 Å². The first-order valence-electron chi connectivity index (χ1n) is 5.28. The van der Waals surface area contributed by atoms with Crippen LogP contribution in [0.25, 0.3) is 0 Å². The molecule has 0 aliphatic heterocycles. The number of ether oxygens (including phenoxy) is 1. The molecular formula is C13H16N2O2. The molecule has 4 nitrogen and oxygen atoms in total. The second-order valence-electron chi connectivity index (χ2n) is 4.73. The topological polar surface area (TPSA) is 62.1 Å². The van der Waals surface area contributed by atoms with E-state index in [4.69, 9.17) is 10.00 Å². The highest BCUT2D eigenvalue weighted by Crippen LogP contribution is 2.19. The van der Waals surface area contributed by atoms with Crippen LogP contribution >= 0.6 is 0 Å². The Morgan fingerprint density at radius 1 is 1.41 bits per heavy atom. The second kappa shape index (κ2) is 4.88. The van der Waals surface area contributed by atoms with Crippen LogP contribution in [0.4, 0.5) is 0 Å². The summed E-state index contributed by atoms with van der Waals surface area (Å²) in [5, 5.41) is 11.8. The van der Waals surface area contributed by atoms with Crippen LogP contribution in [-0.2, 0) is 0 Å². The Kier molecular flexibility index (Phi) is 3.74. The van der Waals surface area contributed by atoms with Crippen LogP contribution in [0.3, 0.4) is 0 Å². The first-order chi connectivity index (χ1) is 7.87. The van der Waals surface area contributed by atoms with Gasteiger partial charge >= 0.3 is 0 Å². The lowest BCUT2D eigenvalue weighted by Gasteiger charge is -2.20. The molecule has 17 heavy (non-hydrogen) atoms. The van der Waals surface area contributed by atoms with E-state index in [9.17, 15) is 4.79 Å². The molecule has 1 N–H and O–H groups in total. The van der Waals surface area contributed by atoms with Crippen molar-refractivity contribution in [1.29, 1.82) is 5.26 Å². The van der Waals surface area contributed by atoms with Gasteiger partial charge in [0.2, 0.25) is 0 Å². The Bertz CT molecular complexity index is 467. The Morgan fingerprint density at radius 3 is 2.53 bits per heavy atom. The molecule has 0 saturated heterocycles. The van der Waals surface area contributed by atoms with Crippen LogP contribution in [0, 0.1) is 11.3 Å². The molecule has 0 atom stereocenters. The number of hydrogen-bond acceptors (Lipinski definition) is 3. The number of nitrogens with zero attached hydrogens (tertiary/aromatic N) is 1. The molecule has 0 unspecified atom stereocenters. The van der Waals surface area contributed by atoms with Crippen LogP contribution in [-0.4, -0.2) is 18.6 Å². The summed E-state index contributed by atoms with van der Waals surface area (Å²) in [5.74, 6) is 0.275. The van der Waals surface area contributed by atoms with Crippen molar-refractivity contribution in [2.24, 2.45) is 0 Å². The quantitative estimate of drug-likeness (QED) is 0.849. The predicted octanol–water partition coefficient (Wildman–Crippen LogP) is 2.10. The van der Waals surface area contributed by atoms with Gasteiger partial charge in [0.1, 0.15) is 11.8 Å². The van der Waals surface area contributed by atoms with Crippen LogP contribution in [0.15, 0.2) is 18.2 Å². The molecule has 1 amide bonds. The van der Waals surface area contributed by atoms with Crippen molar-refractivity contribution in [3.63, 3.8) is 0 Å². The average molecular weight is 232 g/mol. The average Bonchev–Trinajstić information content (AvgIpc) is 2.25. The maximum atomic E-state index is 11.9. The number of carbonyl (C=O) groups is 1. The van der Waals surface area contributed by atoms with E-state index in [1.165, 1.54) is 13.2 Å². The smallest absolute Gasteiger partial charge is 0.251 e. The molecule has 0 saturated carbocycles. The molecule has 1 aromatic carbocycles. The predicted molar refractivity (Wildman–Crippen MR) is 64.9 cm³/mol. The summed E-state index contributed by atoms with van der Waals surface area (Å²) in [4.78, 5) is 11.9. The van der Waals surface area contributed by atoms with E-state index in [-0.39, 0.29) is 11.4 Å². The molecule has 0 bridgehead atoms. The summed E-state index contributed by atoms with van der Waals surface area (Å²) in [6, 6.07) is 6.79. The fourth-order valence-electron chi connectivity index (χ4n) is 1.35. The maximum Gasteiger partial charge on any atom is 0.251 e. The minimum absolute atomic E-state index is 0.198. The second-order valence-corrected chi connectivity index (χ2v) is 4.73. The number of methoxy groups -OCH3 is 1. The Morgan fingerprint density at radius 2 is 2.06 bits per heavy atom. The van der Waals surface area contributed by atoms with Gasteiger partial charge in [0.15, 0.2) is 0 Å². The van der Waals surface area contributed by atoms with Crippen LogP contribution < -0.4 is 10.1 Å². The molecule has 90 valence electrons. The van der Waals surface area contributed by atoms with Gasteiger partial charge in [0.25, 0.3) is 5.91 Å². The van der Waals surface area contributed by atoms with Crippen molar-refractivity contribution < 1.29 is 9.53 Å². The molecule has 1 aromatic rings. The van der Waals surface area contributed by atoms with E-state index < -0.39 is 0 Å². The summed E-state index contributed by atoms with van der Waals surface area (Å²) in [6.45, 7) is 5.71. The highest BCUT2D eigenvalue weighted by molar-refractivity contribution is 5.95. The van der Waals surface area contributed by atoms with Gasteiger partial charge in [-0.2, -0.15) is 5.26 Å². The highest BCUT2D eigenvalue weighted by Gasteiger charge is 2.16. The lowest BCUT2D eigenvalue weighted by molar-refractivity contribution is 0.0919. The lowest BCUT2D eigenvalue weighted by Crippen LogP contribution is -2.40. The van der Waals surface area contributed by atoms with Crippen molar-refractivity contribution in [2.75, 3.05) is 7.11 Å². The van der Waals surface area contributed by atoms with Gasteiger partial charge in [-0.25, -0.2) is 0 Å². The molecule has 0 aromatic heterocycles. The van der Waals surface area contributed by atoms with Gasteiger partial charge in [-0.15, -0.1) is 0 Å². The van der Waals surface area contributed by atoms with Crippen LogP contribution in [0.2, 0.25) is 0 Å². The first kappa shape index (κ1) is 13.0. The van der Waals surface area contributed by atoms with Crippen molar-refractivity contribution in [3.8, 4) is 11.8 Å². The standard InChI is InChI=1S/C13H16N2O2/c1-13(2,3)15-12(16)9-5-6-11(17-4)10(7-9)8-14/h5-7H,1-4H3,(H,15,16). The number of nitrogens with one attached hydrogen (secondary N) is 1. The summed E-state index contributed by atoms with van der Waals surface area (Å²) < 4.78 is 5.02. The van der Waals surface area contributed by atoms with Gasteiger partial charge < -0.3 is 10.1 Å². The van der Waals surface area contributed by atoms with E-state index in [1.807, 2.05) is 26.8 Å². The SMILES string of the molecule is COc1ccc(C(=O)NC(C)(C)C)cc1C#N. The summed E-state index contributed by atoms with van der Waals surface area (Å²) in [6.07, 6.45) is 0. The van der Waals surface area contributed by atoms with E-state index in [1.54, 1.807) is 12.1 Å². The fourth-order valence-corrected chi connectivity index (χ4v) is 1.35. The molecule has 0 fully saturated rings. The maximum absolute atomic E-state index is 11.9. The zero-order valence-electron chi connectivity index (χ0n) is 10.5. The number of amides is 1. The minimum atomic E-state index is -0.302. The number of carbonyl (C=O) groups excluding carboxylic acids is 1. The third kappa shape index (κ3) is 3.49.